The molecular formula is C16H23N3O. The molecule has 1 aromatic carbocycles. The maximum atomic E-state index is 5.20. The zero-order chi connectivity index (χ0) is 14.4. The highest BCUT2D eigenvalue weighted by atomic mass is 16.5. The van der Waals surface area contributed by atoms with Gasteiger partial charge in [-0.1, -0.05) is 19.1 Å². The first-order chi connectivity index (χ1) is 9.78. The summed E-state index contributed by atoms with van der Waals surface area (Å²) in [5.41, 5.74) is 1.28. The van der Waals surface area contributed by atoms with Crippen LogP contribution in [0.25, 0.3) is 0 Å². The molecule has 2 aromatic rings. The van der Waals surface area contributed by atoms with Crippen LogP contribution in [0.15, 0.2) is 36.7 Å². The lowest BCUT2D eigenvalue weighted by molar-refractivity contribution is 0.414. The van der Waals surface area contributed by atoms with E-state index in [0.717, 1.165) is 31.1 Å². The average molecular weight is 273 g/mol. The predicted molar refractivity (Wildman–Crippen MR) is 81.0 cm³/mol. The van der Waals surface area contributed by atoms with E-state index in [2.05, 4.69) is 40.8 Å². The van der Waals surface area contributed by atoms with Crippen LogP contribution in [0.5, 0.6) is 5.75 Å². The second kappa shape index (κ2) is 7.10. The molecule has 1 heterocycles. The van der Waals surface area contributed by atoms with Crippen molar-refractivity contribution < 1.29 is 4.74 Å². The van der Waals surface area contributed by atoms with Gasteiger partial charge in [0.05, 0.1) is 13.2 Å². The van der Waals surface area contributed by atoms with Gasteiger partial charge >= 0.3 is 0 Å². The number of aryl methyl sites for hydroxylation is 1. The number of aromatic nitrogens is 2. The molecule has 0 bridgehead atoms. The molecule has 1 unspecified atom stereocenters. The van der Waals surface area contributed by atoms with Gasteiger partial charge in [-0.05, 0) is 37.6 Å². The van der Waals surface area contributed by atoms with Gasteiger partial charge in [0.25, 0.3) is 0 Å². The van der Waals surface area contributed by atoms with Crippen LogP contribution >= 0.6 is 0 Å². The number of benzene rings is 1. The van der Waals surface area contributed by atoms with Gasteiger partial charge in [0, 0.05) is 18.9 Å². The standard InChI is InChI=1S/C16H23N3O/c1-4-17-15(16-18-10-11-19(16)5-2)12-13-6-8-14(20-3)9-7-13/h6-11,15,17H,4-5,12H2,1-3H3. The number of ether oxygens (including phenoxy) is 1. The Morgan fingerprint density at radius 1 is 1.25 bits per heavy atom. The minimum Gasteiger partial charge on any atom is -0.497 e. The van der Waals surface area contributed by atoms with Crippen molar-refractivity contribution in [3.63, 3.8) is 0 Å². The Morgan fingerprint density at radius 2 is 2.00 bits per heavy atom. The fraction of sp³-hybridized carbons (Fsp3) is 0.438. The van der Waals surface area contributed by atoms with Gasteiger partial charge in [0.15, 0.2) is 0 Å². The topological polar surface area (TPSA) is 39.1 Å². The second-order valence-electron chi connectivity index (χ2n) is 4.73. The fourth-order valence-corrected chi connectivity index (χ4v) is 2.40. The van der Waals surface area contributed by atoms with Crippen LogP contribution < -0.4 is 10.1 Å². The molecule has 4 nitrogen and oxygen atoms in total. The maximum absolute atomic E-state index is 5.20. The van der Waals surface area contributed by atoms with Gasteiger partial charge in [0.2, 0.25) is 0 Å². The van der Waals surface area contributed by atoms with Crippen LogP contribution in [-0.2, 0) is 13.0 Å². The van der Waals surface area contributed by atoms with E-state index in [9.17, 15) is 0 Å². The van der Waals surface area contributed by atoms with Gasteiger partial charge < -0.3 is 14.6 Å². The SMILES string of the molecule is CCNC(Cc1ccc(OC)cc1)c1nccn1CC. The molecule has 0 amide bonds. The Kier molecular flexibility index (Phi) is 5.18. The largest absolute Gasteiger partial charge is 0.497 e. The van der Waals surface area contributed by atoms with Gasteiger partial charge in [-0.3, -0.25) is 0 Å². The number of hydrogen-bond acceptors (Lipinski definition) is 3. The van der Waals surface area contributed by atoms with Crippen molar-refractivity contribution in [3.05, 3.63) is 48.0 Å². The third-order valence-corrected chi connectivity index (χ3v) is 3.45. The fourth-order valence-electron chi connectivity index (χ4n) is 2.40. The van der Waals surface area contributed by atoms with Gasteiger partial charge in [0.1, 0.15) is 11.6 Å². The number of nitrogens with one attached hydrogen (secondary N) is 1. The highest BCUT2D eigenvalue weighted by Gasteiger charge is 2.16. The summed E-state index contributed by atoms with van der Waals surface area (Å²) < 4.78 is 7.39. The van der Waals surface area contributed by atoms with Crippen molar-refractivity contribution in [3.8, 4) is 5.75 Å². The van der Waals surface area contributed by atoms with E-state index in [0.29, 0.717) is 0 Å². The first-order valence-electron chi connectivity index (χ1n) is 7.15. The van der Waals surface area contributed by atoms with Crippen LogP contribution in [0, 0.1) is 0 Å². The van der Waals surface area contributed by atoms with Crippen LogP contribution in [0.1, 0.15) is 31.3 Å². The monoisotopic (exact) mass is 273 g/mol. The molecule has 0 aliphatic heterocycles. The summed E-state index contributed by atoms with van der Waals surface area (Å²) in [7, 11) is 1.69. The molecule has 0 spiro atoms. The number of methoxy groups -OCH3 is 1. The number of rotatable bonds is 7. The summed E-state index contributed by atoms with van der Waals surface area (Å²) in [5, 5.41) is 3.52. The normalized spacial score (nSPS) is 12.3. The molecule has 0 aliphatic rings. The molecule has 108 valence electrons. The van der Waals surface area contributed by atoms with E-state index in [1.54, 1.807) is 7.11 Å². The van der Waals surface area contributed by atoms with Gasteiger partial charge in [-0.25, -0.2) is 4.98 Å². The average Bonchev–Trinajstić information content (AvgIpc) is 2.96. The van der Waals surface area contributed by atoms with Gasteiger partial charge in [-0.2, -0.15) is 0 Å². The summed E-state index contributed by atoms with van der Waals surface area (Å²) in [4.78, 5) is 4.51. The molecule has 0 aliphatic carbocycles. The first-order valence-corrected chi connectivity index (χ1v) is 7.15. The summed E-state index contributed by atoms with van der Waals surface area (Å²) in [6.45, 7) is 6.14. The molecule has 0 radical (unpaired) electrons. The molecule has 20 heavy (non-hydrogen) atoms. The quantitative estimate of drug-likeness (QED) is 0.843. The van der Waals surface area contributed by atoms with E-state index < -0.39 is 0 Å². The third kappa shape index (κ3) is 3.39. The second-order valence-corrected chi connectivity index (χ2v) is 4.73. The van der Waals surface area contributed by atoms with E-state index in [4.69, 9.17) is 4.74 Å². The number of hydrogen-bond donors (Lipinski definition) is 1. The first kappa shape index (κ1) is 14.6. The third-order valence-electron chi connectivity index (χ3n) is 3.45. The molecule has 0 saturated carbocycles. The highest BCUT2D eigenvalue weighted by molar-refractivity contribution is 5.28. The predicted octanol–water partition coefficient (Wildman–Crippen LogP) is 2.80. The van der Waals surface area contributed by atoms with E-state index in [1.165, 1.54) is 5.56 Å². The lowest BCUT2D eigenvalue weighted by atomic mass is 10.0. The Bertz CT molecular complexity index is 519. The van der Waals surface area contributed by atoms with Crippen LogP contribution in [0.4, 0.5) is 0 Å². The van der Waals surface area contributed by atoms with Crippen molar-refractivity contribution in [1.29, 1.82) is 0 Å². The van der Waals surface area contributed by atoms with Crippen molar-refractivity contribution in [2.75, 3.05) is 13.7 Å². The van der Waals surface area contributed by atoms with Crippen molar-refractivity contribution in [2.24, 2.45) is 0 Å². The number of likely N-dealkylation sites (N-methyl/N-ethyl adjacent to an activating group) is 1. The molecule has 1 N–H and O–H groups in total. The van der Waals surface area contributed by atoms with Crippen molar-refractivity contribution in [1.82, 2.24) is 14.9 Å². The van der Waals surface area contributed by atoms with Crippen molar-refractivity contribution >= 4 is 0 Å². The van der Waals surface area contributed by atoms with Crippen molar-refractivity contribution in [2.45, 2.75) is 32.9 Å². The van der Waals surface area contributed by atoms with E-state index in [1.807, 2.05) is 24.5 Å². The maximum Gasteiger partial charge on any atom is 0.126 e. The van der Waals surface area contributed by atoms with Crippen LogP contribution in [0.2, 0.25) is 0 Å². The molecule has 1 atom stereocenters. The summed E-state index contributed by atoms with van der Waals surface area (Å²) in [6.07, 6.45) is 4.83. The zero-order valence-corrected chi connectivity index (χ0v) is 12.5. The minimum atomic E-state index is 0.239. The van der Waals surface area contributed by atoms with Crippen LogP contribution in [-0.4, -0.2) is 23.2 Å². The van der Waals surface area contributed by atoms with Crippen LogP contribution in [0.3, 0.4) is 0 Å². The Labute approximate surface area is 120 Å². The highest BCUT2D eigenvalue weighted by Crippen LogP contribution is 2.19. The smallest absolute Gasteiger partial charge is 0.126 e. The molecule has 0 fully saturated rings. The Hall–Kier alpha value is -1.81. The molecule has 1 aromatic heterocycles. The van der Waals surface area contributed by atoms with Gasteiger partial charge in [-0.15, -0.1) is 0 Å². The summed E-state index contributed by atoms with van der Waals surface area (Å²) >= 11 is 0. The Balaban J connectivity index is 2.16. The summed E-state index contributed by atoms with van der Waals surface area (Å²) in [6, 6.07) is 8.48. The molecule has 0 saturated heterocycles. The summed E-state index contributed by atoms with van der Waals surface area (Å²) in [5.74, 6) is 1.99. The minimum absolute atomic E-state index is 0.239. The number of imidazole rings is 1. The zero-order valence-electron chi connectivity index (χ0n) is 12.5. The van der Waals surface area contributed by atoms with E-state index >= 15 is 0 Å². The molecule has 2 rings (SSSR count). The number of nitrogens with zero attached hydrogens (tertiary/aromatic N) is 2. The lowest BCUT2D eigenvalue weighted by Gasteiger charge is -2.19. The Morgan fingerprint density at radius 3 is 2.60 bits per heavy atom. The molecule has 4 heteroatoms. The lowest BCUT2D eigenvalue weighted by Crippen LogP contribution is -2.26. The molecular weight excluding hydrogens is 250 g/mol. The van der Waals surface area contributed by atoms with E-state index in [-0.39, 0.29) is 6.04 Å².